The lowest BCUT2D eigenvalue weighted by Crippen LogP contribution is -2.25. The fourth-order valence-corrected chi connectivity index (χ4v) is 4.53. The van der Waals surface area contributed by atoms with Crippen molar-refractivity contribution in [3.8, 4) is 22.5 Å². The number of nitrogens with two attached hydrogens (primary N) is 1. The van der Waals surface area contributed by atoms with Crippen molar-refractivity contribution in [2.24, 2.45) is 0 Å². The first-order chi connectivity index (χ1) is 17.7. The molecule has 0 saturated heterocycles. The van der Waals surface area contributed by atoms with Crippen molar-refractivity contribution in [3.63, 3.8) is 0 Å². The number of benzene rings is 2. The van der Waals surface area contributed by atoms with E-state index in [1.54, 1.807) is 0 Å². The second-order valence-electron chi connectivity index (χ2n) is 9.50. The lowest BCUT2D eigenvalue weighted by molar-refractivity contribution is -0.138. The van der Waals surface area contributed by atoms with Crippen LogP contribution < -0.4 is 5.73 Å². The second-order valence-corrected chi connectivity index (χ2v) is 12.5. The molecule has 0 aliphatic rings. The number of nitrogens with zero attached hydrogens (tertiary/aromatic N) is 2. The Morgan fingerprint density at radius 1 is 0.718 bits per heavy atom. The average Bonchev–Trinajstić information content (AvgIpc) is 2.81. The molecule has 2 atom stereocenters. The lowest BCUT2D eigenvalue weighted by Gasteiger charge is -2.31. The maximum Gasteiger partial charge on any atom is 0.416 e. The summed E-state index contributed by atoms with van der Waals surface area (Å²) in [6, 6.07) is 4.69. The molecule has 3 aromatic rings. The summed E-state index contributed by atoms with van der Waals surface area (Å²) in [5.41, 5.74) is 2.88. The van der Waals surface area contributed by atoms with Crippen LogP contribution in [-0.2, 0) is 44.0 Å². The van der Waals surface area contributed by atoms with E-state index >= 15 is 0 Å². The molecular weight excluding hydrogens is 572 g/mol. The highest BCUT2D eigenvalue weighted by atomic mass is 32.2. The summed E-state index contributed by atoms with van der Waals surface area (Å²) in [5, 5.41) is 0. The van der Waals surface area contributed by atoms with E-state index in [0.717, 1.165) is 18.3 Å². The zero-order valence-electron chi connectivity index (χ0n) is 20.7. The van der Waals surface area contributed by atoms with Gasteiger partial charge in [-0.05, 0) is 90.8 Å². The summed E-state index contributed by atoms with van der Waals surface area (Å²) in [6.07, 6.45) is -8.65. The average molecular weight is 594 g/mol. The van der Waals surface area contributed by atoms with Crippen LogP contribution in [0, 0.1) is 0 Å². The van der Waals surface area contributed by atoms with Crippen molar-refractivity contribution >= 4 is 28.0 Å². The van der Waals surface area contributed by atoms with E-state index in [4.69, 9.17) is 5.73 Å². The zero-order chi connectivity index (χ0) is 29.7. The summed E-state index contributed by atoms with van der Waals surface area (Å²) >= 11 is -5.58. The minimum absolute atomic E-state index is 0.0606. The Bertz CT molecular complexity index is 1470. The molecule has 7 nitrogen and oxygen atoms in total. The van der Waals surface area contributed by atoms with E-state index < -0.39 is 66.8 Å². The number of nitrogen functional groups attached to an aromatic ring is 1. The smallest absolute Gasteiger partial charge is 0.416 e. The number of rotatable bonds is 6. The molecule has 0 spiro atoms. The maximum absolute atomic E-state index is 13.5. The third-order valence-electron chi connectivity index (χ3n) is 6.17. The van der Waals surface area contributed by atoms with Crippen LogP contribution in [-0.4, -0.2) is 27.5 Å². The molecule has 39 heavy (non-hydrogen) atoms. The summed E-state index contributed by atoms with van der Waals surface area (Å²) in [5.74, 6) is -0.895. The van der Waals surface area contributed by atoms with Crippen LogP contribution >= 0.6 is 0 Å². The zero-order valence-corrected chi connectivity index (χ0v) is 22.4. The standard InChI is InChI=1S/C24H23F6N3O4S2/c1-21(2,38(34)35)17-7-5-12(23(25,26)27)9-14(17)16-11-32-20(33-19(16)31)15-10-13(24(28,29)30)6-8-18(15)22(3,4)39(36)37/h5-11H,1-4H3,(H,34,35)(H,36,37)(H2,31,32,33)/p-2. The molecule has 0 bridgehead atoms. The Morgan fingerprint density at radius 2 is 1.13 bits per heavy atom. The molecule has 2 aromatic carbocycles. The Kier molecular flexibility index (Phi) is 8.07. The van der Waals surface area contributed by atoms with Gasteiger partial charge in [0.15, 0.2) is 5.82 Å². The molecule has 1 heterocycles. The highest BCUT2D eigenvalue weighted by Crippen LogP contribution is 2.42. The fraction of sp³-hybridized carbons (Fsp3) is 0.333. The Balaban J connectivity index is 2.32. The van der Waals surface area contributed by atoms with Gasteiger partial charge < -0.3 is 14.8 Å². The number of hydrogen-bond acceptors (Lipinski definition) is 7. The predicted octanol–water partition coefficient (Wildman–Crippen LogP) is 5.66. The second kappa shape index (κ2) is 10.3. The first kappa shape index (κ1) is 30.7. The van der Waals surface area contributed by atoms with Crippen LogP contribution in [0.1, 0.15) is 49.9 Å². The molecule has 1 aromatic heterocycles. The van der Waals surface area contributed by atoms with Crippen molar-refractivity contribution in [2.45, 2.75) is 49.5 Å². The van der Waals surface area contributed by atoms with Crippen molar-refractivity contribution in [3.05, 3.63) is 64.8 Å². The molecule has 0 aliphatic heterocycles. The molecule has 15 heteroatoms. The highest BCUT2D eigenvalue weighted by Gasteiger charge is 2.36. The van der Waals surface area contributed by atoms with Gasteiger partial charge in [0.25, 0.3) is 0 Å². The van der Waals surface area contributed by atoms with E-state index in [1.807, 2.05) is 0 Å². The lowest BCUT2D eigenvalue weighted by atomic mass is 9.90. The topological polar surface area (TPSA) is 132 Å². The van der Waals surface area contributed by atoms with Gasteiger partial charge in [-0.15, -0.1) is 0 Å². The molecule has 0 amide bonds. The quantitative estimate of drug-likeness (QED) is 0.288. The van der Waals surface area contributed by atoms with Gasteiger partial charge in [-0.2, -0.15) is 26.3 Å². The number of halogens is 6. The minimum atomic E-state index is -4.80. The van der Waals surface area contributed by atoms with E-state index in [2.05, 4.69) is 9.97 Å². The number of hydrogen-bond donors (Lipinski definition) is 1. The molecule has 0 radical (unpaired) electrons. The largest absolute Gasteiger partial charge is 0.772 e. The predicted molar refractivity (Wildman–Crippen MR) is 131 cm³/mol. The molecule has 212 valence electrons. The summed E-state index contributed by atoms with van der Waals surface area (Å²) in [4.78, 5) is 8.01. The van der Waals surface area contributed by atoms with Crippen molar-refractivity contribution < 1.29 is 43.9 Å². The first-order valence-corrected chi connectivity index (χ1v) is 13.1. The highest BCUT2D eigenvalue weighted by molar-refractivity contribution is 7.80. The van der Waals surface area contributed by atoms with Crippen molar-refractivity contribution in [2.75, 3.05) is 5.73 Å². The van der Waals surface area contributed by atoms with Gasteiger partial charge >= 0.3 is 12.4 Å². The van der Waals surface area contributed by atoms with Gasteiger partial charge in [0.1, 0.15) is 5.82 Å². The van der Waals surface area contributed by atoms with E-state index in [9.17, 15) is 43.9 Å². The number of alkyl halides is 6. The van der Waals surface area contributed by atoms with E-state index in [1.165, 1.54) is 27.7 Å². The molecule has 2 N–H and O–H groups in total. The fourth-order valence-electron chi connectivity index (χ4n) is 3.81. The van der Waals surface area contributed by atoms with Gasteiger partial charge in [-0.25, -0.2) is 9.97 Å². The van der Waals surface area contributed by atoms with Gasteiger partial charge in [0.05, 0.1) is 20.6 Å². The first-order valence-electron chi connectivity index (χ1n) is 10.9. The number of anilines is 1. The minimum Gasteiger partial charge on any atom is -0.772 e. The van der Waals surface area contributed by atoms with Gasteiger partial charge in [-0.3, -0.25) is 8.42 Å². The normalized spacial score (nSPS) is 14.8. The Labute approximate surface area is 224 Å². The molecule has 2 unspecified atom stereocenters. The van der Waals surface area contributed by atoms with Crippen LogP contribution in [0.25, 0.3) is 22.5 Å². The summed E-state index contributed by atoms with van der Waals surface area (Å²) in [7, 11) is 0. The van der Waals surface area contributed by atoms with Crippen LogP contribution in [0.3, 0.4) is 0 Å². The monoisotopic (exact) mass is 593 g/mol. The molecule has 0 saturated carbocycles. The van der Waals surface area contributed by atoms with Gasteiger partial charge in [0.2, 0.25) is 0 Å². The Hall–Kier alpha value is -2.88. The molecule has 0 aliphatic carbocycles. The molecular formula is C24H21F6N3O4S2-2. The van der Waals surface area contributed by atoms with E-state index in [-0.39, 0.29) is 27.8 Å². The van der Waals surface area contributed by atoms with Crippen LogP contribution in [0.2, 0.25) is 0 Å². The van der Waals surface area contributed by atoms with Crippen LogP contribution in [0.5, 0.6) is 0 Å². The van der Waals surface area contributed by atoms with Crippen LogP contribution in [0.4, 0.5) is 32.2 Å². The van der Waals surface area contributed by atoms with Gasteiger partial charge in [-0.1, -0.05) is 12.1 Å². The van der Waals surface area contributed by atoms with Crippen molar-refractivity contribution in [1.82, 2.24) is 9.97 Å². The summed E-state index contributed by atoms with van der Waals surface area (Å²) < 4.78 is 125. The third kappa shape index (κ3) is 6.00. The third-order valence-corrected chi connectivity index (χ3v) is 8.28. The molecule has 3 rings (SSSR count). The SMILES string of the molecule is CC(C)(c1ccc(C(F)(F)F)cc1-c1ncc(-c2cc(C(F)(F)F)ccc2C(C)(C)S(=O)[O-])c(N)n1)S(=O)[O-]. The van der Waals surface area contributed by atoms with Crippen molar-refractivity contribution in [1.29, 1.82) is 0 Å². The Morgan fingerprint density at radius 3 is 1.51 bits per heavy atom. The van der Waals surface area contributed by atoms with E-state index in [0.29, 0.717) is 24.3 Å². The van der Waals surface area contributed by atoms with Crippen LogP contribution in [0.15, 0.2) is 42.6 Å². The van der Waals surface area contributed by atoms with Gasteiger partial charge in [0, 0.05) is 17.3 Å². The maximum atomic E-state index is 13.5. The number of aromatic nitrogens is 2. The molecule has 0 fully saturated rings. The summed E-state index contributed by atoms with van der Waals surface area (Å²) in [6.45, 7) is 5.02.